The summed E-state index contributed by atoms with van der Waals surface area (Å²) in [4.78, 5) is 15.6. The molecular formula is C17H23N3O. The Kier molecular flexibility index (Phi) is 3.62. The van der Waals surface area contributed by atoms with E-state index < -0.39 is 0 Å². The number of hydrogen-bond acceptors (Lipinski definition) is 2. The first-order valence-corrected chi connectivity index (χ1v) is 7.73. The zero-order valence-corrected chi connectivity index (χ0v) is 12.6. The second-order valence-electron chi connectivity index (χ2n) is 6.38. The lowest BCUT2D eigenvalue weighted by atomic mass is 9.78. The molecule has 1 aromatic heterocycles. The third-order valence-electron chi connectivity index (χ3n) is 4.91. The van der Waals surface area contributed by atoms with Crippen LogP contribution in [0.3, 0.4) is 0 Å². The average molecular weight is 285 g/mol. The lowest BCUT2D eigenvalue weighted by molar-refractivity contribution is 0.0887. The van der Waals surface area contributed by atoms with Crippen LogP contribution in [0.1, 0.15) is 43.6 Å². The molecule has 0 bridgehead atoms. The molecular weight excluding hydrogens is 262 g/mol. The summed E-state index contributed by atoms with van der Waals surface area (Å²) in [5.74, 6) is 1.19. The van der Waals surface area contributed by atoms with Gasteiger partial charge in [-0.1, -0.05) is 26.7 Å². The third-order valence-corrected chi connectivity index (χ3v) is 4.91. The first kappa shape index (κ1) is 14.0. The zero-order chi connectivity index (χ0) is 15.0. The van der Waals surface area contributed by atoms with Gasteiger partial charge in [-0.05, 0) is 42.5 Å². The Bertz CT molecular complexity index is 661. The molecule has 4 N–H and O–H groups in total. The summed E-state index contributed by atoms with van der Waals surface area (Å²) in [6, 6.07) is 7.78. The van der Waals surface area contributed by atoms with Gasteiger partial charge in [0.15, 0.2) is 0 Å². The van der Waals surface area contributed by atoms with Crippen molar-refractivity contribution in [1.82, 2.24) is 10.3 Å². The van der Waals surface area contributed by atoms with Crippen molar-refractivity contribution >= 4 is 22.5 Å². The summed E-state index contributed by atoms with van der Waals surface area (Å²) in [5, 5.41) is 4.17. The van der Waals surface area contributed by atoms with Crippen LogP contribution in [0.2, 0.25) is 0 Å². The molecule has 1 heterocycles. The number of rotatable bonds is 2. The van der Waals surface area contributed by atoms with Gasteiger partial charge in [0.1, 0.15) is 5.69 Å². The standard InChI is InChI=1S/C17H23N3O/c1-10-4-3-5-14(11(10)2)20-17(21)16-9-12-8-13(18)6-7-15(12)19-16/h6-11,14,19H,3-5,18H2,1-2H3,(H,20,21). The van der Waals surface area contributed by atoms with Crippen molar-refractivity contribution in [2.45, 2.75) is 39.2 Å². The number of nitrogen functional groups attached to an aromatic ring is 1. The van der Waals surface area contributed by atoms with Crippen LogP contribution in [0.5, 0.6) is 0 Å². The average Bonchev–Trinajstić information content (AvgIpc) is 2.87. The van der Waals surface area contributed by atoms with E-state index in [9.17, 15) is 4.79 Å². The van der Waals surface area contributed by atoms with Crippen LogP contribution < -0.4 is 11.1 Å². The van der Waals surface area contributed by atoms with E-state index in [1.54, 1.807) is 0 Å². The molecule has 21 heavy (non-hydrogen) atoms. The fourth-order valence-electron chi connectivity index (χ4n) is 3.31. The Morgan fingerprint density at radius 2 is 2.10 bits per heavy atom. The number of carbonyl (C=O) groups is 1. The molecule has 0 saturated heterocycles. The number of aromatic amines is 1. The summed E-state index contributed by atoms with van der Waals surface area (Å²) in [6.07, 6.45) is 3.53. The fraction of sp³-hybridized carbons (Fsp3) is 0.471. The predicted octanol–water partition coefficient (Wildman–Crippen LogP) is 3.30. The molecule has 1 amide bonds. The van der Waals surface area contributed by atoms with E-state index in [1.165, 1.54) is 12.8 Å². The van der Waals surface area contributed by atoms with Crippen LogP contribution in [0.15, 0.2) is 24.3 Å². The van der Waals surface area contributed by atoms with Gasteiger partial charge in [-0.3, -0.25) is 4.79 Å². The number of nitrogens with one attached hydrogen (secondary N) is 2. The van der Waals surface area contributed by atoms with E-state index in [4.69, 9.17) is 5.73 Å². The maximum atomic E-state index is 12.4. The molecule has 0 aliphatic heterocycles. The van der Waals surface area contributed by atoms with Gasteiger partial charge in [-0.25, -0.2) is 0 Å². The van der Waals surface area contributed by atoms with Gasteiger partial charge in [0.25, 0.3) is 5.91 Å². The summed E-state index contributed by atoms with van der Waals surface area (Å²) < 4.78 is 0. The predicted molar refractivity (Wildman–Crippen MR) is 86.1 cm³/mol. The highest BCUT2D eigenvalue weighted by Crippen LogP contribution is 2.29. The number of nitrogens with two attached hydrogens (primary N) is 1. The van der Waals surface area contributed by atoms with Crippen molar-refractivity contribution in [3.63, 3.8) is 0 Å². The van der Waals surface area contributed by atoms with Crippen LogP contribution in [0.25, 0.3) is 10.9 Å². The molecule has 1 aromatic carbocycles. The number of hydrogen-bond donors (Lipinski definition) is 3. The van der Waals surface area contributed by atoms with Gasteiger partial charge in [-0.15, -0.1) is 0 Å². The largest absolute Gasteiger partial charge is 0.399 e. The molecule has 3 unspecified atom stereocenters. The molecule has 3 rings (SSSR count). The van der Waals surface area contributed by atoms with Gasteiger partial charge >= 0.3 is 0 Å². The number of carbonyl (C=O) groups excluding carboxylic acids is 1. The van der Waals surface area contributed by atoms with Crippen LogP contribution in [-0.4, -0.2) is 16.9 Å². The van der Waals surface area contributed by atoms with E-state index >= 15 is 0 Å². The second-order valence-corrected chi connectivity index (χ2v) is 6.38. The molecule has 4 heteroatoms. The van der Waals surface area contributed by atoms with Gasteiger partial charge in [0.2, 0.25) is 0 Å². The summed E-state index contributed by atoms with van der Waals surface area (Å²) in [5.41, 5.74) is 8.04. The van der Waals surface area contributed by atoms with Crippen molar-refractivity contribution in [3.05, 3.63) is 30.0 Å². The van der Waals surface area contributed by atoms with E-state index in [-0.39, 0.29) is 11.9 Å². The highest BCUT2D eigenvalue weighted by atomic mass is 16.1. The van der Waals surface area contributed by atoms with Crippen LogP contribution in [0, 0.1) is 11.8 Å². The summed E-state index contributed by atoms with van der Waals surface area (Å²) in [7, 11) is 0. The Balaban J connectivity index is 1.77. The molecule has 1 aliphatic carbocycles. The molecule has 0 radical (unpaired) electrons. The third kappa shape index (κ3) is 2.75. The number of benzene rings is 1. The lowest BCUT2D eigenvalue weighted by Gasteiger charge is -2.34. The monoisotopic (exact) mass is 285 g/mol. The van der Waals surface area contributed by atoms with Crippen molar-refractivity contribution in [3.8, 4) is 0 Å². The van der Waals surface area contributed by atoms with Crippen molar-refractivity contribution in [2.75, 3.05) is 5.73 Å². The normalized spacial score (nSPS) is 25.9. The van der Waals surface area contributed by atoms with E-state index in [0.29, 0.717) is 23.2 Å². The molecule has 1 fully saturated rings. The molecule has 0 spiro atoms. The van der Waals surface area contributed by atoms with Gasteiger partial charge in [-0.2, -0.15) is 0 Å². The van der Waals surface area contributed by atoms with Crippen molar-refractivity contribution in [1.29, 1.82) is 0 Å². The topological polar surface area (TPSA) is 70.9 Å². The Hall–Kier alpha value is -1.97. The minimum atomic E-state index is -0.0179. The number of anilines is 1. The van der Waals surface area contributed by atoms with Gasteiger partial charge < -0.3 is 16.0 Å². The highest BCUT2D eigenvalue weighted by Gasteiger charge is 2.28. The van der Waals surface area contributed by atoms with Crippen LogP contribution in [-0.2, 0) is 0 Å². The minimum absolute atomic E-state index is 0.0179. The molecule has 2 aromatic rings. The Morgan fingerprint density at radius 3 is 2.90 bits per heavy atom. The van der Waals surface area contributed by atoms with Gasteiger partial charge in [0.05, 0.1) is 0 Å². The fourth-order valence-corrected chi connectivity index (χ4v) is 3.31. The summed E-state index contributed by atoms with van der Waals surface area (Å²) >= 11 is 0. The van der Waals surface area contributed by atoms with E-state index in [2.05, 4.69) is 24.1 Å². The maximum absolute atomic E-state index is 12.4. The molecule has 112 valence electrons. The zero-order valence-electron chi connectivity index (χ0n) is 12.6. The number of aromatic nitrogens is 1. The van der Waals surface area contributed by atoms with Crippen LogP contribution in [0.4, 0.5) is 5.69 Å². The quantitative estimate of drug-likeness (QED) is 0.741. The number of amides is 1. The van der Waals surface area contributed by atoms with Gasteiger partial charge in [0, 0.05) is 22.6 Å². The van der Waals surface area contributed by atoms with Crippen LogP contribution >= 0.6 is 0 Å². The Morgan fingerprint density at radius 1 is 1.29 bits per heavy atom. The lowest BCUT2D eigenvalue weighted by Crippen LogP contribution is -2.43. The molecule has 1 aliphatic rings. The SMILES string of the molecule is CC1CCCC(NC(=O)c2cc3cc(N)ccc3[nH]2)C1C. The molecule has 3 atom stereocenters. The second kappa shape index (κ2) is 5.43. The number of H-pyrrole nitrogens is 1. The first-order valence-electron chi connectivity index (χ1n) is 7.73. The molecule has 1 saturated carbocycles. The highest BCUT2D eigenvalue weighted by molar-refractivity contribution is 5.98. The smallest absolute Gasteiger partial charge is 0.267 e. The molecule has 4 nitrogen and oxygen atoms in total. The van der Waals surface area contributed by atoms with Crippen molar-refractivity contribution < 1.29 is 4.79 Å². The minimum Gasteiger partial charge on any atom is -0.399 e. The Labute approximate surface area is 125 Å². The summed E-state index contributed by atoms with van der Waals surface area (Å²) in [6.45, 7) is 4.51. The van der Waals surface area contributed by atoms with Crippen molar-refractivity contribution in [2.24, 2.45) is 11.8 Å². The number of fused-ring (bicyclic) bond motifs is 1. The van der Waals surface area contributed by atoms with E-state index in [0.717, 1.165) is 17.3 Å². The maximum Gasteiger partial charge on any atom is 0.267 e. The van der Waals surface area contributed by atoms with E-state index in [1.807, 2.05) is 24.3 Å². The first-order chi connectivity index (χ1) is 10.0.